The van der Waals surface area contributed by atoms with Crippen molar-refractivity contribution in [1.82, 2.24) is 15.2 Å². The van der Waals surface area contributed by atoms with Gasteiger partial charge < -0.3 is 15.3 Å². The van der Waals surface area contributed by atoms with Gasteiger partial charge in [0.25, 0.3) is 0 Å². The second kappa shape index (κ2) is 8.91. The van der Waals surface area contributed by atoms with Crippen LogP contribution in [0.15, 0.2) is 24.3 Å². The molecule has 168 valence electrons. The van der Waals surface area contributed by atoms with Crippen LogP contribution in [-0.4, -0.2) is 52.2 Å². The van der Waals surface area contributed by atoms with Gasteiger partial charge in [0, 0.05) is 43.0 Å². The van der Waals surface area contributed by atoms with Gasteiger partial charge >= 0.3 is 6.09 Å². The van der Waals surface area contributed by atoms with Crippen LogP contribution in [0.1, 0.15) is 52.6 Å². The van der Waals surface area contributed by atoms with E-state index in [1.165, 1.54) is 11.8 Å². The highest BCUT2D eigenvalue weighted by atomic mass is 35.5. The monoisotopic (exact) mass is 446 g/mol. The van der Waals surface area contributed by atoms with Gasteiger partial charge in [-0.15, -0.1) is 0 Å². The van der Waals surface area contributed by atoms with Crippen molar-refractivity contribution in [1.29, 1.82) is 0 Å². The highest BCUT2D eigenvalue weighted by Crippen LogP contribution is 2.38. The molecule has 0 unspecified atom stereocenters. The number of para-hydroxylation sites is 1. The van der Waals surface area contributed by atoms with E-state index in [-0.39, 0.29) is 5.91 Å². The number of carbonyl (C=O) groups excluding carboxylic acids is 1. The smallest absolute Gasteiger partial charge is 0.408 e. The van der Waals surface area contributed by atoms with Crippen LogP contribution in [0.3, 0.4) is 0 Å². The number of hydrogen-bond acceptors (Lipinski definition) is 4. The molecule has 1 aromatic carbocycles. The van der Waals surface area contributed by atoms with Gasteiger partial charge in [-0.3, -0.25) is 9.69 Å². The predicted octanol–water partition coefficient (Wildman–Crippen LogP) is 4.69. The molecule has 2 N–H and O–H groups in total. The van der Waals surface area contributed by atoms with Gasteiger partial charge in [0.05, 0.1) is 16.6 Å². The Morgan fingerprint density at radius 1 is 1.39 bits per heavy atom. The zero-order valence-electron chi connectivity index (χ0n) is 18.8. The second-order valence-corrected chi connectivity index (χ2v) is 9.66. The summed E-state index contributed by atoms with van der Waals surface area (Å²) in [6.45, 7) is 11.2. The zero-order valence-corrected chi connectivity index (χ0v) is 19.5. The predicted molar refractivity (Wildman–Crippen MR) is 124 cm³/mol. The van der Waals surface area contributed by atoms with E-state index in [0.29, 0.717) is 23.0 Å². The Morgan fingerprint density at radius 3 is 2.71 bits per heavy atom. The van der Waals surface area contributed by atoms with Gasteiger partial charge in [-0.1, -0.05) is 23.7 Å². The highest BCUT2D eigenvalue weighted by molar-refractivity contribution is 6.35. The standard InChI is InChI=1S/C23H31ClN4O3/c1-14(28(22(30)31)23(3,4)5)18-11-17-7-6-8-19(24)20(17)26-21(18)27-10-9-16(13-27)12-25-15(2)29/h6-8,11,14,16H,9-10,12-13H2,1-5H3,(H,25,29)(H,30,31)/t14-,16+/m0/s1. The van der Waals surface area contributed by atoms with Crippen LogP contribution in [0.5, 0.6) is 0 Å². The van der Waals surface area contributed by atoms with Gasteiger partial charge in [-0.05, 0) is 52.2 Å². The summed E-state index contributed by atoms with van der Waals surface area (Å²) in [6.07, 6.45) is -0.0415. The number of rotatable bonds is 5. The highest BCUT2D eigenvalue weighted by Gasteiger charge is 2.35. The molecule has 7 nitrogen and oxygen atoms in total. The molecule has 2 amide bonds. The number of benzene rings is 1. The third-order valence-electron chi connectivity index (χ3n) is 5.80. The van der Waals surface area contributed by atoms with Crippen molar-refractivity contribution in [2.24, 2.45) is 5.92 Å². The van der Waals surface area contributed by atoms with E-state index in [2.05, 4.69) is 10.2 Å². The minimum absolute atomic E-state index is 0.0364. The van der Waals surface area contributed by atoms with Crippen LogP contribution in [-0.2, 0) is 4.79 Å². The Bertz CT molecular complexity index is 989. The van der Waals surface area contributed by atoms with E-state index < -0.39 is 17.7 Å². The summed E-state index contributed by atoms with van der Waals surface area (Å²) in [7, 11) is 0. The molecule has 1 aromatic heterocycles. The van der Waals surface area contributed by atoms with Crippen molar-refractivity contribution >= 4 is 40.3 Å². The van der Waals surface area contributed by atoms with Crippen molar-refractivity contribution in [3.63, 3.8) is 0 Å². The number of aromatic nitrogens is 1. The third kappa shape index (κ3) is 5.03. The number of halogens is 1. The summed E-state index contributed by atoms with van der Waals surface area (Å²) in [5, 5.41) is 14.3. The summed E-state index contributed by atoms with van der Waals surface area (Å²) in [4.78, 5) is 32.0. The van der Waals surface area contributed by atoms with E-state index >= 15 is 0 Å². The third-order valence-corrected chi connectivity index (χ3v) is 6.10. The Hall–Kier alpha value is -2.54. The van der Waals surface area contributed by atoms with Crippen LogP contribution in [0.2, 0.25) is 5.02 Å². The first kappa shape index (κ1) is 23.1. The molecule has 1 aliphatic rings. The molecule has 0 spiro atoms. The minimum atomic E-state index is -0.970. The van der Waals surface area contributed by atoms with Crippen molar-refractivity contribution in [3.8, 4) is 0 Å². The van der Waals surface area contributed by atoms with Crippen LogP contribution in [0.4, 0.5) is 10.6 Å². The van der Waals surface area contributed by atoms with Gasteiger partial charge in [0.15, 0.2) is 0 Å². The molecular weight excluding hydrogens is 416 g/mol. The molecular formula is C23H31ClN4O3. The number of carbonyl (C=O) groups is 2. The van der Waals surface area contributed by atoms with Gasteiger partial charge in [0.2, 0.25) is 5.91 Å². The van der Waals surface area contributed by atoms with E-state index in [1.807, 2.05) is 52.0 Å². The topological polar surface area (TPSA) is 85.8 Å². The van der Waals surface area contributed by atoms with Gasteiger partial charge in [-0.25, -0.2) is 9.78 Å². The minimum Gasteiger partial charge on any atom is -0.465 e. The maximum absolute atomic E-state index is 12.1. The number of nitrogens with zero attached hydrogens (tertiary/aromatic N) is 3. The summed E-state index contributed by atoms with van der Waals surface area (Å²) in [5.41, 5.74) is 0.982. The molecule has 1 aliphatic heterocycles. The van der Waals surface area contributed by atoms with Crippen molar-refractivity contribution in [2.75, 3.05) is 24.5 Å². The number of amides is 2. The maximum Gasteiger partial charge on any atom is 0.408 e. The number of nitrogens with one attached hydrogen (secondary N) is 1. The van der Waals surface area contributed by atoms with Crippen molar-refractivity contribution in [2.45, 2.75) is 52.6 Å². The number of anilines is 1. The number of pyridine rings is 1. The van der Waals surface area contributed by atoms with Crippen LogP contribution in [0, 0.1) is 5.92 Å². The SMILES string of the molecule is CC(=O)NC[C@H]1CCN(c2nc3c(Cl)cccc3cc2[C@H](C)N(C(=O)O)C(C)(C)C)C1. The summed E-state index contributed by atoms with van der Waals surface area (Å²) in [5.74, 6) is 1.04. The lowest BCUT2D eigenvalue weighted by atomic mass is 9.98. The lowest BCUT2D eigenvalue weighted by Crippen LogP contribution is -2.46. The molecule has 2 aromatic rings. The molecule has 3 rings (SSSR count). The Labute approximate surface area is 188 Å². The summed E-state index contributed by atoms with van der Waals surface area (Å²) in [6, 6.07) is 7.24. The first-order valence-electron chi connectivity index (χ1n) is 10.6. The van der Waals surface area contributed by atoms with Gasteiger partial charge in [-0.2, -0.15) is 0 Å². The fourth-order valence-corrected chi connectivity index (χ4v) is 4.61. The molecule has 2 atom stereocenters. The van der Waals surface area contributed by atoms with Gasteiger partial charge in [0.1, 0.15) is 5.82 Å². The van der Waals surface area contributed by atoms with E-state index in [9.17, 15) is 14.7 Å². The molecule has 0 bridgehead atoms. The number of fused-ring (bicyclic) bond motifs is 1. The number of hydrogen-bond donors (Lipinski definition) is 2. The molecule has 8 heteroatoms. The largest absolute Gasteiger partial charge is 0.465 e. The quantitative estimate of drug-likeness (QED) is 0.695. The average molecular weight is 447 g/mol. The van der Waals surface area contributed by atoms with E-state index in [1.54, 1.807) is 0 Å². The fourth-order valence-electron chi connectivity index (χ4n) is 4.38. The molecule has 0 saturated carbocycles. The molecule has 1 saturated heterocycles. The zero-order chi connectivity index (χ0) is 22.9. The van der Waals surface area contributed by atoms with Crippen LogP contribution < -0.4 is 10.2 Å². The molecule has 0 aliphatic carbocycles. The lowest BCUT2D eigenvalue weighted by molar-refractivity contribution is -0.119. The average Bonchev–Trinajstić information content (AvgIpc) is 3.13. The van der Waals surface area contributed by atoms with Crippen LogP contribution in [0.25, 0.3) is 10.9 Å². The summed E-state index contributed by atoms with van der Waals surface area (Å²) < 4.78 is 0. The van der Waals surface area contributed by atoms with E-state index in [4.69, 9.17) is 16.6 Å². The van der Waals surface area contributed by atoms with Crippen LogP contribution >= 0.6 is 11.6 Å². The maximum atomic E-state index is 12.1. The fraction of sp³-hybridized carbons (Fsp3) is 0.522. The first-order valence-corrected chi connectivity index (χ1v) is 11.0. The molecule has 2 heterocycles. The second-order valence-electron chi connectivity index (χ2n) is 9.25. The Morgan fingerprint density at radius 2 is 2.10 bits per heavy atom. The lowest BCUT2D eigenvalue weighted by Gasteiger charge is -2.39. The molecule has 1 fully saturated rings. The molecule has 0 radical (unpaired) electrons. The van der Waals surface area contributed by atoms with E-state index in [0.717, 1.165) is 36.3 Å². The molecule has 31 heavy (non-hydrogen) atoms. The Balaban J connectivity index is 2.06. The Kier molecular flexibility index (Phi) is 6.65. The van der Waals surface area contributed by atoms with Crippen molar-refractivity contribution < 1.29 is 14.7 Å². The number of carboxylic acid groups (broad SMARTS) is 1. The first-order chi connectivity index (χ1) is 14.5. The van der Waals surface area contributed by atoms with Crippen molar-refractivity contribution in [3.05, 3.63) is 34.9 Å². The summed E-state index contributed by atoms with van der Waals surface area (Å²) >= 11 is 6.43. The normalized spacial score (nSPS) is 17.6.